The highest BCUT2D eigenvalue weighted by Crippen LogP contribution is 2.34. The van der Waals surface area contributed by atoms with E-state index in [0.717, 1.165) is 10.5 Å². The summed E-state index contributed by atoms with van der Waals surface area (Å²) in [6.45, 7) is 2.15. The average Bonchev–Trinajstić information content (AvgIpc) is 3.21. The Morgan fingerprint density at radius 3 is 2.47 bits per heavy atom. The number of hydrogen-bond acceptors (Lipinski definition) is 5. The van der Waals surface area contributed by atoms with Crippen LogP contribution in [0.1, 0.15) is 15.9 Å². The molecule has 4 rings (SSSR count). The molecular formula is C23H20N2O4S. The number of nitrogens with one attached hydrogen (secondary N) is 2. The molecule has 0 spiro atoms. The molecule has 1 aliphatic rings. The number of thioether (sulfide) groups is 1. The monoisotopic (exact) mass is 420 g/mol. The number of anilines is 2. The van der Waals surface area contributed by atoms with Crippen LogP contribution in [0.15, 0.2) is 71.6 Å². The van der Waals surface area contributed by atoms with Gasteiger partial charge in [0.15, 0.2) is 11.5 Å². The average molecular weight is 420 g/mol. The molecule has 152 valence electrons. The third-order valence-electron chi connectivity index (χ3n) is 4.42. The second-order valence-electron chi connectivity index (χ2n) is 6.75. The van der Waals surface area contributed by atoms with Crippen molar-refractivity contribution in [1.29, 1.82) is 0 Å². The Morgan fingerprint density at radius 1 is 0.900 bits per heavy atom. The SMILES string of the molecule is Cc1cccc(C(=O)Nc2ccc(SCC(=O)Nc3ccc4c(c3)OCO4)cc2)c1. The third kappa shape index (κ3) is 4.93. The van der Waals surface area contributed by atoms with E-state index in [0.29, 0.717) is 28.4 Å². The number of ether oxygens (including phenoxy) is 2. The Bertz CT molecular complexity index is 1080. The summed E-state index contributed by atoms with van der Waals surface area (Å²) in [5, 5.41) is 5.73. The second-order valence-corrected chi connectivity index (χ2v) is 7.80. The molecule has 30 heavy (non-hydrogen) atoms. The lowest BCUT2D eigenvalue weighted by atomic mass is 10.1. The van der Waals surface area contributed by atoms with Crippen LogP contribution in [0.3, 0.4) is 0 Å². The Kier molecular flexibility index (Phi) is 5.90. The van der Waals surface area contributed by atoms with E-state index in [9.17, 15) is 9.59 Å². The summed E-state index contributed by atoms with van der Waals surface area (Å²) in [4.78, 5) is 25.5. The van der Waals surface area contributed by atoms with Gasteiger partial charge in [-0.1, -0.05) is 17.7 Å². The molecule has 0 saturated carbocycles. The van der Waals surface area contributed by atoms with Crippen molar-refractivity contribution < 1.29 is 19.1 Å². The van der Waals surface area contributed by atoms with Crippen molar-refractivity contribution in [1.82, 2.24) is 0 Å². The minimum absolute atomic E-state index is 0.115. The molecule has 0 fully saturated rings. The molecule has 0 bridgehead atoms. The Morgan fingerprint density at radius 2 is 1.67 bits per heavy atom. The van der Waals surface area contributed by atoms with Gasteiger partial charge in [-0.15, -0.1) is 11.8 Å². The van der Waals surface area contributed by atoms with Gasteiger partial charge in [0, 0.05) is 27.9 Å². The highest BCUT2D eigenvalue weighted by atomic mass is 32.2. The van der Waals surface area contributed by atoms with Crippen molar-refractivity contribution in [2.24, 2.45) is 0 Å². The predicted molar refractivity (Wildman–Crippen MR) is 117 cm³/mol. The zero-order valence-electron chi connectivity index (χ0n) is 16.3. The first-order valence-corrected chi connectivity index (χ1v) is 10.4. The van der Waals surface area contributed by atoms with E-state index in [1.54, 1.807) is 24.3 Å². The van der Waals surface area contributed by atoms with E-state index in [2.05, 4.69) is 10.6 Å². The van der Waals surface area contributed by atoms with Crippen molar-refractivity contribution in [2.45, 2.75) is 11.8 Å². The van der Waals surface area contributed by atoms with E-state index in [1.807, 2.05) is 49.4 Å². The molecule has 1 heterocycles. The number of aryl methyl sites for hydroxylation is 1. The topological polar surface area (TPSA) is 76.7 Å². The lowest BCUT2D eigenvalue weighted by Crippen LogP contribution is -2.14. The van der Waals surface area contributed by atoms with E-state index >= 15 is 0 Å². The second kappa shape index (κ2) is 8.92. The zero-order chi connectivity index (χ0) is 20.9. The standard InChI is InChI=1S/C23H20N2O4S/c1-15-3-2-4-16(11-15)23(27)25-17-5-8-19(9-6-17)30-13-22(26)24-18-7-10-20-21(12-18)29-14-28-20/h2-12H,13-14H2,1H3,(H,24,26)(H,25,27). The van der Waals surface area contributed by atoms with Crippen LogP contribution < -0.4 is 20.1 Å². The smallest absolute Gasteiger partial charge is 0.255 e. The molecule has 3 aromatic rings. The van der Waals surface area contributed by atoms with Gasteiger partial charge in [-0.3, -0.25) is 9.59 Å². The van der Waals surface area contributed by atoms with Crippen LogP contribution in [0.5, 0.6) is 11.5 Å². The minimum Gasteiger partial charge on any atom is -0.454 e. The van der Waals surface area contributed by atoms with Gasteiger partial charge in [0.2, 0.25) is 12.7 Å². The number of hydrogen-bond donors (Lipinski definition) is 2. The fourth-order valence-corrected chi connectivity index (χ4v) is 3.64. The summed E-state index contributed by atoms with van der Waals surface area (Å²) in [6, 6.07) is 20.1. The Labute approximate surface area is 178 Å². The molecule has 0 aliphatic carbocycles. The molecule has 0 aromatic heterocycles. The van der Waals surface area contributed by atoms with Crippen molar-refractivity contribution in [3.8, 4) is 11.5 Å². The fraction of sp³-hybridized carbons (Fsp3) is 0.130. The van der Waals surface area contributed by atoms with E-state index in [1.165, 1.54) is 11.8 Å². The fourth-order valence-electron chi connectivity index (χ4n) is 2.94. The molecular weight excluding hydrogens is 400 g/mol. The third-order valence-corrected chi connectivity index (χ3v) is 5.43. The number of fused-ring (bicyclic) bond motifs is 1. The van der Waals surface area contributed by atoms with Crippen LogP contribution in [0.25, 0.3) is 0 Å². The number of rotatable bonds is 6. The van der Waals surface area contributed by atoms with Crippen LogP contribution in [0.2, 0.25) is 0 Å². The summed E-state index contributed by atoms with van der Waals surface area (Å²) >= 11 is 1.42. The lowest BCUT2D eigenvalue weighted by molar-refractivity contribution is -0.113. The summed E-state index contributed by atoms with van der Waals surface area (Å²) < 4.78 is 10.6. The molecule has 1 aliphatic heterocycles. The number of amides is 2. The van der Waals surface area contributed by atoms with Gasteiger partial charge in [0.25, 0.3) is 5.91 Å². The Hall–Kier alpha value is -3.45. The lowest BCUT2D eigenvalue weighted by Gasteiger charge is -2.08. The van der Waals surface area contributed by atoms with Gasteiger partial charge in [0.05, 0.1) is 5.75 Å². The van der Waals surface area contributed by atoms with Crippen molar-refractivity contribution >= 4 is 35.0 Å². The highest BCUT2D eigenvalue weighted by molar-refractivity contribution is 8.00. The van der Waals surface area contributed by atoms with Crippen molar-refractivity contribution in [3.05, 3.63) is 77.9 Å². The van der Waals surface area contributed by atoms with Crippen LogP contribution in [-0.4, -0.2) is 24.4 Å². The summed E-state index contributed by atoms with van der Waals surface area (Å²) in [5.41, 5.74) is 3.02. The van der Waals surface area contributed by atoms with Crippen LogP contribution in [0, 0.1) is 6.92 Å². The largest absolute Gasteiger partial charge is 0.454 e. The molecule has 7 heteroatoms. The first-order chi connectivity index (χ1) is 14.6. The van der Waals surface area contributed by atoms with Crippen LogP contribution in [-0.2, 0) is 4.79 Å². The molecule has 0 saturated heterocycles. The zero-order valence-corrected chi connectivity index (χ0v) is 17.1. The van der Waals surface area contributed by atoms with Gasteiger partial charge in [0.1, 0.15) is 0 Å². The molecule has 0 unspecified atom stereocenters. The normalized spacial score (nSPS) is 11.8. The maximum Gasteiger partial charge on any atom is 0.255 e. The van der Waals surface area contributed by atoms with Gasteiger partial charge >= 0.3 is 0 Å². The summed E-state index contributed by atoms with van der Waals surface area (Å²) in [6.07, 6.45) is 0. The summed E-state index contributed by atoms with van der Waals surface area (Å²) in [7, 11) is 0. The molecule has 0 atom stereocenters. The first-order valence-electron chi connectivity index (χ1n) is 9.37. The van der Waals surface area contributed by atoms with Crippen molar-refractivity contribution in [2.75, 3.05) is 23.2 Å². The van der Waals surface area contributed by atoms with Gasteiger partial charge < -0.3 is 20.1 Å². The van der Waals surface area contributed by atoms with Crippen LogP contribution >= 0.6 is 11.8 Å². The first kappa shape index (κ1) is 19.8. The maximum atomic E-state index is 12.3. The molecule has 2 N–H and O–H groups in total. The van der Waals surface area contributed by atoms with E-state index in [4.69, 9.17) is 9.47 Å². The molecule has 3 aromatic carbocycles. The maximum absolute atomic E-state index is 12.3. The number of carbonyl (C=O) groups is 2. The molecule has 0 radical (unpaired) electrons. The number of benzene rings is 3. The minimum atomic E-state index is -0.151. The van der Waals surface area contributed by atoms with E-state index < -0.39 is 0 Å². The number of carbonyl (C=O) groups excluding carboxylic acids is 2. The van der Waals surface area contributed by atoms with Gasteiger partial charge in [-0.05, 0) is 55.5 Å². The quantitative estimate of drug-likeness (QED) is 0.565. The Balaban J connectivity index is 1.28. The van der Waals surface area contributed by atoms with Crippen molar-refractivity contribution in [3.63, 3.8) is 0 Å². The highest BCUT2D eigenvalue weighted by Gasteiger charge is 2.14. The molecule has 2 amide bonds. The van der Waals surface area contributed by atoms with E-state index in [-0.39, 0.29) is 24.4 Å². The molecule has 6 nitrogen and oxygen atoms in total. The predicted octanol–water partition coefficient (Wildman–Crippen LogP) is 4.71. The van der Waals surface area contributed by atoms with Gasteiger partial charge in [-0.2, -0.15) is 0 Å². The van der Waals surface area contributed by atoms with Crippen LogP contribution in [0.4, 0.5) is 11.4 Å². The summed E-state index contributed by atoms with van der Waals surface area (Å²) in [5.74, 6) is 1.31. The van der Waals surface area contributed by atoms with Gasteiger partial charge in [-0.25, -0.2) is 0 Å².